The number of rotatable bonds is 7. The van der Waals surface area contributed by atoms with Gasteiger partial charge in [0.2, 0.25) is 0 Å². The highest BCUT2D eigenvalue weighted by Gasteiger charge is 1.98. The minimum Gasteiger partial charge on any atom is -0.370 e. The van der Waals surface area contributed by atoms with Crippen LogP contribution in [0.2, 0.25) is 0 Å². The smallest absolute Gasteiger partial charge is 0.188 e. The first-order valence-electron chi connectivity index (χ1n) is 7.94. The standard InChI is InChI=1S/C19H26N4/c1-23(2)15-18-10-6-9-17(13-18)14-22-19(20)21-12-11-16-7-4-3-5-8-16/h3-10,13H,11-12,14-15H2,1-2H3,(H3,20,21,22). The molecule has 2 aromatic carbocycles. The molecule has 0 aliphatic heterocycles. The van der Waals surface area contributed by atoms with Crippen LogP contribution in [0, 0.1) is 0 Å². The summed E-state index contributed by atoms with van der Waals surface area (Å²) in [6, 6.07) is 18.8. The maximum Gasteiger partial charge on any atom is 0.188 e. The van der Waals surface area contributed by atoms with Crippen LogP contribution in [0.3, 0.4) is 0 Å². The molecule has 3 N–H and O–H groups in total. The van der Waals surface area contributed by atoms with Crippen LogP contribution in [-0.2, 0) is 19.5 Å². The van der Waals surface area contributed by atoms with E-state index in [4.69, 9.17) is 5.73 Å². The van der Waals surface area contributed by atoms with Gasteiger partial charge in [-0.25, -0.2) is 4.99 Å². The molecule has 0 unspecified atom stereocenters. The number of nitrogens with zero attached hydrogens (tertiary/aromatic N) is 2. The van der Waals surface area contributed by atoms with Crippen molar-refractivity contribution in [1.29, 1.82) is 0 Å². The van der Waals surface area contributed by atoms with Crippen LogP contribution in [0.15, 0.2) is 59.6 Å². The first-order chi connectivity index (χ1) is 11.1. The van der Waals surface area contributed by atoms with Gasteiger partial charge in [0.05, 0.1) is 6.54 Å². The van der Waals surface area contributed by atoms with Crippen LogP contribution in [0.4, 0.5) is 0 Å². The van der Waals surface area contributed by atoms with E-state index in [1.165, 1.54) is 16.7 Å². The molecule has 4 nitrogen and oxygen atoms in total. The molecule has 122 valence electrons. The normalized spacial score (nSPS) is 11.7. The van der Waals surface area contributed by atoms with E-state index in [9.17, 15) is 0 Å². The number of hydrogen-bond acceptors (Lipinski definition) is 2. The zero-order valence-corrected chi connectivity index (χ0v) is 14.0. The maximum atomic E-state index is 5.94. The van der Waals surface area contributed by atoms with Gasteiger partial charge in [-0.3, -0.25) is 0 Å². The number of nitrogens with one attached hydrogen (secondary N) is 1. The van der Waals surface area contributed by atoms with Crippen LogP contribution in [0.1, 0.15) is 16.7 Å². The lowest BCUT2D eigenvalue weighted by molar-refractivity contribution is 0.402. The molecule has 0 saturated carbocycles. The summed E-state index contributed by atoms with van der Waals surface area (Å²) in [5, 5.41) is 3.17. The molecule has 0 fully saturated rings. The summed E-state index contributed by atoms with van der Waals surface area (Å²) in [5.41, 5.74) is 9.70. The average Bonchev–Trinajstić information content (AvgIpc) is 2.54. The van der Waals surface area contributed by atoms with E-state index in [0.717, 1.165) is 19.5 Å². The van der Waals surface area contributed by atoms with Gasteiger partial charge in [-0.1, -0.05) is 54.6 Å². The van der Waals surface area contributed by atoms with Crippen LogP contribution in [-0.4, -0.2) is 31.5 Å². The van der Waals surface area contributed by atoms with E-state index < -0.39 is 0 Å². The first-order valence-corrected chi connectivity index (χ1v) is 7.94. The van der Waals surface area contributed by atoms with Gasteiger partial charge < -0.3 is 16.0 Å². The van der Waals surface area contributed by atoms with Crippen molar-refractivity contribution >= 4 is 5.96 Å². The second-order valence-corrected chi connectivity index (χ2v) is 5.92. The van der Waals surface area contributed by atoms with Crippen molar-refractivity contribution in [3.63, 3.8) is 0 Å². The monoisotopic (exact) mass is 310 g/mol. The maximum absolute atomic E-state index is 5.94. The van der Waals surface area contributed by atoms with Gasteiger partial charge in [0.15, 0.2) is 5.96 Å². The van der Waals surface area contributed by atoms with Crippen molar-refractivity contribution < 1.29 is 0 Å². The van der Waals surface area contributed by atoms with Crippen LogP contribution in [0.5, 0.6) is 0 Å². The van der Waals surface area contributed by atoms with Crippen molar-refractivity contribution in [2.24, 2.45) is 10.7 Å². The predicted molar refractivity (Wildman–Crippen MR) is 97.3 cm³/mol. The number of aliphatic imine (C=N–C) groups is 1. The van der Waals surface area contributed by atoms with Crippen LogP contribution >= 0.6 is 0 Å². The van der Waals surface area contributed by atoms with E-state index in [0.29, 0.717) is 12.5 Å². The topological polar surface area (TPSA) is 53.6 Å². The predicted octanol–water partition coefficient (Wildman–Crippen LogP) is 2.40. The lowest BCUT2D eigenvalue weighted by Crippen LogP contribution is -2.33. The molecule has 0 bridgehead atoms. The summed E-state index contributed by atoms with van der Waals surface area (Å²) >= 11 is 0. The summed E-state index contributed by atoms with van der Waals surface area (Å²) < 4.78 is 0. The SMILES string of the molecule is CN(C)Cc1cccc(CN=C(N)NCCc2ccccc2)c1. The summed E-state index contributed by atoms with van der Waals surface area (Å²) in [5.74, 6) is 0.499. The van der Waals surface area contributed by atoms with Crippen molar-refractivity contribution in [2.75, 3.05) is 20.6 Å². The molecule has 0 amide bonds. The van der Waals surface area contributed by atoms with Crippen molar-refractivity contribution in [3.8, 4) is 0 Å². The largest absolute Gasteiger partial charge is 0.370 e. The van der Waals surface area contributed by atoms with Crippen molar-refractivity contribution in [1.82, 2.24) is 10.2 Å². The molecular weight excluding hydrogens is 284 g/mol. The number of nitrogens with two attached hydrogens (primary N) is 1. The third-order valence-corrected chi connectivity index (χ3v) is 3.48. The molecule has 4 heteroatoms. The van der Waals surface area contributed by atoms with Gasteiger partial charge in [-0.2, -0.15) is 0 Å². The van der Waals surface area contributed by atoms with Gasteiger partial charge in [0.25, 0.3) is 0 Å². The second kappa shape index (κ2) is 8.96. The fourth-order valence-corrected chi connectivity index (χ4v) is 2.40. The Morgan fingerprint density at radius 2 is 1.70 bits per heavy atom. The molecule has 0 radical (unpaired) electrons. The Bertz CT molecular complexity index is 620. The summed E-state index contributed by atoms with van der Waals surface area (Å²) in [6.07, 6.45) is 0.940. The molecule has 23 heavy (non-hydrogen) atoms. The Labute approximate surface area is 139 Å². The zero-order chi connectivity index (χ0) is 16.5. The molecule has 0 aliphatic rings. The Hall–Kier alpha value is -2.33. The average molecular weight is 310 g/mol. The molecule has 0 atom stereocenters. The minimum atomic E-state index is 0.499. The summed E-state index contributed by atoms with van der Waals surface area (Å²) in [4.78, 5) is 6.57. The lowest BCUT2D eigenvalue weighted by Gasteiger charge is -2.10. The zero-order valence-electron chi connectivity index (χ0n) is 14.0. The molecule has 2 rings (SSSR count). The van der Waals surface area contributed by atoms with E-state index in [1.807, 2.05) is 18.2 Å². The third-order valence-electron chi connectivity index (χ3n) is 3.48. The number of guanidine groups is 1. The third kappa shape index (κ3) is 6.53. The lowest BCUT2D eigenvalue weighted by atomic mass is 10.1. The van der Waals surface area contributed by atoms with E-state index in [1.54, 1.807) is 0 Å². The van der Waals surface area contributed by atoms with Crippen LogP contribution in [0.25, 0.3) is 0 Å². The Morgan fingerprint density at radius 3 is 2.43 bits per heavy atom. The fourth-order valence-electron chi connectivity index (χ4n) is 2.40. The molecular formula is C19H26N4. The summed E-state index contributed by atoms with van der Waals surface area (Å²) in [7, 11) is 4.14. The molecule has 0 aliphatic carbocycles. The van der Waals surface area contributed by atoms with Gasteiger partial charge in [-0.15, -0.1) is 0 Å². The Balaban J connectivity index is 1.80. The van der Waals surface area contributed by atoms with Crippen molar-refractivity contribution in [2.45, 2.75) is 19.5 Å². The second-order valence-electron chi connectivity index (χ2n) is 5.92. The van der Waals surface area contributed by atoms with Gasteiger partial charge in [0.1, 0.15) is 0 Å². The van der Waals surface area contributed by atoms with Crippen LogP contribution < -0.4 is 11.1 Å². The van der Waals surface area contributed by atoms with Gasteiger partial charge >= 0.3 is 0 Å². The van der Waals surface area contributed by atoms with E-state index >= 15 is 0 Å². The fraction of sp³-hybridized carbons (Fsp3) is 0.316. The van der Waals surface area contributed by atoms with Gasteiger partial charge in [-0.05, 0) is 37.2 Å². The number of benzene rings is 2. The molecule has 0 saturated heterocycles. The molecule has 0 heterocycles. The minimum absolute atomic E-state index is 0.499. The van der Waals surface area contributed by atoms with Gasteiger partial charge in [0, 0.05) is 13.1 Å². The highest BCUT2D eigenvalue weighted by Crippen LogP contribution is 2.08. The van der Waals surface area contributed by atoms with E-state index in [2.05, 4.69) is 65.7 Å². The highest BCUT2D eigenvalue weighted by molar-refractivity contribution is 5.77. The molecule has 2 aromatic rings. The van der Waals surface area contributed by atoms with Crippen molar-refractivity contribution in [3.05, 3.63) is 71.3 Å². The quantitative estimate of drug-likeness (QED) is 0.610. The summed E-state index contributed by atoms with van der Waals surface area (Å²) in [6.45, 7) is 2.33. The molecule has 0 spiro atoms. The Kier molecular flexibility index (Phi) is 6.63. The van der Waals surface area contributed by atoms with E-state index in [-0.39, 0.29) is 0 Å². The molecule has 0 aromatic heterocycles. The Morgan fingerprint density at radius 1 is 1.00 bits per heavy atom. The first kappa shape index (κ1) is 17.0. The highest BCUT2D eigenvalue weighted by atomic mass is 15.1. The number of hydrogen-bond donors (Lipinski definition) is 2.